The second-order valence-corrected chi connectivity index (χ2v) is 8.58. The number of aliphatic hydroxyl groups excluding tert-OH is 1. The summed E-state index contributed by atoms with van der Waals surface area (Å²) in [5.74, 6) is 0.0838. The summed E-state index contributed by atoms with van der Waals surface area (Å²) >= 11 is 0. The summed E-state index contributed by atoms with van der Waals surface area (Å²) in [6.07, 6.45) is 2.54. The van der Waals surface area contributed by atoms with Gasteiger partial charge in [-0.05, 0) is 31.2 Å². The van der Waals surface area contributed by atoms with Gasteiger partial charge < -0.3 is 14.9 Å². The smallest absolute Gasteiger partial charge is 0.295 e. The van der Waals surface area contributed by atoms with E-state index in [-0.39, 0.29) is 33.3 Å². The number of hydrazone groups is 1. The Labute approximate surface area is 194 Å². The highest BCUT2D eigenvalue weighted by molar-refractivity contribution is 7.92. The number of anilines is 2. The SMILES string of the molecule is COc1ccccc1NS(=O)(=O)c1ccc(NN=Cc2c(CO)cnc(C)c2O)c([N+](=O)[O-])c1. The Balaban J connectivity index is 1.90. The second-order valence-electron chi connectivity index (χ2n) is 6.90. The van der Waals surface area contributed by atoms with Crippen LogP contribution in [0.25, 0.3) is 0 Å². The van der Waals surface area contributed by atoms with Crippen LogP contribution in [0.5, 0.6) is 11.5 Å². The molecule has 178 valence electrons. The van der Waals surface area contributed by atoms with Gasteiger partial charge in [-0.1, -0.05) is 12.1 Å². The number of nitrogens with one attached hydrogen (secondary N) is 2. The molecule has 2 aromatic carbocycles. The molecule has 1 heterocycles. The van der Waals surface area contributed by atoms with E-state index in [0.717, 1.165) is 6.07 Å². The van der Waals surface area contributed by atoms with E-state index in [1.807, 2.05) is 0 Å². The van der Waals surface area contributed by atoms with Crippen LogP contribution in [-0.2, 0) is 16.6 Å². The van der Waals surface area contributed by atoms with Gasteiger partial charge in [0.05, 0.1) is 41.1 Å². The molecular formula is C21H21N5O7S. The number of hydrogen-bond donors (Lipinski definition) is 4. The maximum absolute atomic E-state index is 12.8. The van der Waals surface area contributed by atoms with Crippen molar-refractivity contribution in [1.82, 2.24) is 4.98 Å². The molecule has 0 aliphatic heterocycles. The standard InChI is InChI=1S/C21H21N5O7S/c1-13-21(28)16(14(12-27)10-22-13)11-23-24-17-8-7-15(9-19(17)26(29)30)34(31,32)25-18-5-3-4-6-20(18)33-2/h3-11,24-25,27-28H,12H2,1-2H3. The van der Waals surface area contributed by atoms with Crippen molar-refractivity contribution in [3.05, 3.63) is 75.6 Å². The average Bonchev–Trinajstić information content (AvgIpc) is 2.82. The van der Waals surface area contributed by atoms with E-state index >= 15 is 0 Å². The van der Waals surface area contributed by atoms with Crippen molar-refractivity contribution in [2.45, 2.75) is 18.4 Å². The van der Waals surface area contributed by atoms with Crippen molar-refractivity contribution < 1.29 is 28.3 Å². The number of aromatic nitrogens is 1. The van der Waals surface area contributed by atoms with Gasteiger partial charge in [0.2, 0.25) is 0 Å². The Morgan fingerprint density at radius 3 is 2.65 bits per heavy atom. The third-order valence-corrected chi connectivity index (χ3v) is 6.10. The van der Waals surface area contributed by atoms with Crippen molar-refractivity contribution in [2.24, 2.45) is 5.10 Å². The minimum Gasteiger partial charge on any atom is -0.505 e. The van der Waals surface area contributed by atoms with Gasteiger partial charge in [-0.2, -0.15) is 5.10 Å². The number of nitro groups is 1. The fourth-order valence-corrected chi connectivity index (χ4v) is 4.04. The van der Waals surface area contributed by atoms with Crippen molar-refractivity contribution in [3.8, 4) is 11.5 Å². The molecule has 0 radical (unpaired) electrons. The number of aliphatic hydroxyl groups is 1. The van der Waals surface area contributed by atoms with E-state index in [0.29, 0.717) is 11.3 Å². The van der Waals surface area contributed by atoms with E-state index in [1.54, 1.807) is 25.1 Å². The molecule has 0 spiro atoms. The van der Waals surface area contributed by atoms with Gasteiger partial charge in [-0.3, -0.25) is 25.2 Å². The Hall–Kier alpha value is -4.23. The number of para-hydroxylation sites is 2. The fourth-order valence-electron chi connectivity index (χ4n) is 2.95. The third-order valence-electron chi connectivity index (χ3n) is 4.73. The number of nitrogens with zero attached hydrogens (tertiary/aromatic N) is 3. The normalized spacial score (nSPS) is 11.4. The summed E-state index contributed by atoms with van der Waals surface area (Å²) in [5.41, 5.74) is 2.80. The van der Waals surface area contributed by atoms with Crippen LogP contribution in [0, 0.1) is 17.0 Å². The number of pyridine rings is 1. The molecule has 0 unspecified atom stereocenters. The maximum Gasteiger partial charge on any atom is 0.295 e. The van der Waals surface area contributed by atoms with E-state index in [4.69, 9.17) is 4.74 Å². The number of sulfonamides is 1. The zero-order valence-electron chi connectivity index (χ0n) is 18.1. The summed E-state index contributed by atoms with van der Waals surface area (Å²) < 4.78 is 33.1. The molecule has 0 saturated heterocycles. The number of benzene rings is 2. The fraction of sp³-hybridized carbons (Fsp3) is 0.143. The molecule has 0 aliphatic carbocycles. The van der Waals surface area contributed by atoms with Gasteiger partial charge in [-0.25, -0.2) is 8.42 Å². The van der Waals surface area contributed by atoms with E-state index < -0.39 is 27.2 Å². The van der Waals surface area contributed by atoms with Crippen LogP contribution in [0.15, 0.2) is 58.7 Å². The Morgan fingerprint density at radius 1 is 1.24 bits per heavy atom. The molecule has 0 saturated carbocycles. The monoisotopic (exact) mass is 487 g/mol. The number of rotatable bonds is 9. The van der Waals surface area contributed by atoms with Crippen LogP contribution in [0.3, 0.4) is 0 Å². The molecule has 4 N–H and O–H groups in total. The van der Waals surface area contributed by atoms with Crippen LogP contribution >= 0.6 is 0 Å². The lowest BCUT2D eigenvalue weighted by molar-refractivity contribution is -0.384. The largest absolute Gasteiger partial charge is 0.505 e. The van der Waals surface area contributed by atoms with Gasteiger partial charge in [0.1, 0.15) is 17.2 Å². The predicted octanol–water partition coefficient (Wildman–Crippen LogP) is 2.75. The molecule has 0 amide bonds. The van der Waals surface area contributed by atoms with Crippen LogP contribution in [-0.4, -0.2) is 41.9 Å². The molecule has 13 heteroatoms. The van der Waals surface area contributed by atoms with Gasteiger partial charge >= 0.3 is 0 Å². The van der Waals surface area contributed by atoms with Crippen LogP contribution in [0.4, 0.5) is 17.1 Å². The van der Waals surface area contributed by atoms with E-state index in [9.17, 15) is 28.7 Å². The highest BCUT2D eigenvalue weighted by atomic mass is 32.2. The van der Waals surface area contributed by atoms with Crippen LogP contribution < -0.4 is 14.9 Å². The average molecular weight is 487 g/mol. The summed E-state index contributed by atoms with van der Waals surface area (Å²) in [7, 11) is -2.79. The molecule has 3 rings (SSSR count). The lowest BCUT2D eigenvalue weighted by atomic mass is 10.1. The molecule has 1 aromatic heterocycles. The summed E-state index contributed by atoms with van der Waals surface area (Å²) in [6.45, 7) is 1.15. The van der Waals surface area contributed by atoms with Crippen molar-refractivity contribution in [1.29, 1.82) is 0 Å². The number of methoxy groups -OCH3 is 1. The molecule has 12 nitrogen and oxygen atoms in total. The number of aromatic hydroxyl groups is 1. The number of hydrogen-bond acceptors (Lipinski definition) is 10. The van der Waals surface area contributed by atoms with Crippen molar-refractivity contribution in [3.63, 3.8) is 0 Å². The van der Waals surface area contributed by atoms with E-state index in [1.165, 1.54) is 37.7 Å². The zero-order valence-corrected chi connectivity index (χ0v) is 18.9. The number of nitro benzene ring substituents is 1. The van der Waals surface area contributed by atoms with Gasteiger partial charge in [0.25, 0.3) is 15.7 Å². The van der Waals surface area contributed by atoms with Crippen molar-refractivity contribution >= 4 is 33.3 Å². The first-order valence-electron chi connectivity index (χ1n) is 9.69. The minimum absolute atomic E-state index is 0.0895. The Kier molecular flexibility index (Phi) is 7.28. The van der Waals surface area contributed by atoms with Gasteiger partial charge in [0.15, 0.2) is 0 Å². The maximum atomic E-state index is 12.8. The summed E-state index contributed by atoms with van der Waals surface area (Å²) in [6, 6.07) is 9.59. The number of ether oxygens (including phenoxy) is 1. The lowest BCUT2D eigenvalue weighted by Gasteiger charge is -2.12. The molecule has 0 aliphatic rings. The number of aryl methyl sites for hydroxylation is 1. The topological polar surface area (TPSA) is 176 Å². The Morgan fingerprint density at radius 2 is 1.97 bits per heavy atom. The van der Waals surface area contributed by atoms with E-state index in [2.05, 4.69) is 20.2 Å². The quantitative estimate of drug-likeness (QED) is 0.201. The highest BCUT2D eigenvalue weighted by Crippen LogP contribution is 2.31. The minimum atomic E-state index is -4.17. The summed E-state index contributed by atoms with van der Waals surface area (Å²) in [5, 5.41) is 35.0. The first-order chi connectivity index (χ1) is 16.2. The molecule has 0 atom stereocenters. The summed E-state index contributed by atoms with van der Waals surface area (Å²) in [4.78, 5) is 14.4. The lowest BCUT2D eigenvalue weighted by Crippen LogP contribution is -2.14. The second kappa shape index (κ2) is 10.1. The van der Waals surface area contributed by atoms with Crippen molar-refractivity contribution in [2.75, 3.05) is 17.3 Å². The first kappa shape index (κ1) is 24.4. The third kappa shape index (κ3) is 5.22. The highest BCUT2D eigenvalue weighted by Gasteiger charge is 2.22. The van der Waals surface area contributed by atoms with Crippen LogP contribution in [0.1, 0.15) is 16.8 Å². The Bertz CT molecular complexity index is 1360. The molecular weight excluding hydrogens is 466 g/mol. The first-order valence-corrected chi connectivity index (χ1v) is 11.2. The van der Waals surface area contributed by atoms with Gasteiger partial charge in [0, 0.05) is 23.4 Å². The molecule has 34 heavy (non-hydrogen) atoms. The predicted molar refractivity (Wildman–Crippen MR) is 125 cm³/mol. The molecule has 0 fully saturated rings. The molecule has 3 aromatic rings. The van der Waals surface area contributed by atoms with Crippen LogP contribution in [0.2, 0.25) is 0 Å². The zero-order chi connectivity index (χ0) is 24.9. The van der Waals surface area contributed by atoms with Gasteiger partial charge in [-0.15, -0.1) is 0 Å². The molecule has 0 bridgehead atoms.